The third-order valence-corrected chi connectivity index (χ3v) is 5.79. The Hall–Kier alpha value is -0.670. The van der Waals surface area contributed by atoms with E-state index in [4.69, 9.17) is 21.4 Å². The first kappa shape index (κ1) is 16.7. The van der Waals surface area contributed by atoms with Crippen molar-refractivity contribution in [1.29, 1.82) is 0 Å². The Bertz CT molecular complexity index is 658. The summed E-state index contributed by atoms with van der Waals surface area (Å²) in [7, 11) is -3.84. The molecule has 21 heavy (non-hydrogen) atoms. The maximum Gasteiger partial charge on any atom is 0.337 e. The zero-order valence-electron chi connectivity index (χ0n) is 10.8. The molecule has 1 saturated heterocycles. The maximum atomic E-state index is 12.3. The van der Waals surface area contributed by atoms with E-state index in [1.54, 1.807) is 0 Å². The molecule has 0 bridgehead atoms. The van der Waals surface area contributed by atoms with Crippen LogP contribution in [0.15, 0.2) is 21.5 Å². The lowest BCUT2D eigenvalue weighted by molar-refractivity contribution is 0.0696. The average molecular weight is 399 g/mol. The van der Waals surface area contributed by atoms with E-state index in [2.05, 4.69) is 20.7 Å². The number of benzene rings is 1. The fourth-order valence-corrected chi connectivity index (χ4v) is 4.10. The third kappa shape index (κ3) is 3.95. The van der Waals surface area contributed by atoms with Crippen LogP contribution < -0.4 is 4.72 Å². The molecule has 1 aromatic rings. The Morgan fingerprint density at radius 2 is 2.19 bits per heavy atom. The van der Waals surface area contributed by atoms with Crippen LogP contribution in [0, 0.1) is 0 Å². The molecule has 1 fully saturated rings. The molecule has 6 nitrogen and oxygen atoms in total. The summed E-state index contributed by atoms with van der Waals surface area (Å²) in [5.74, 6) is -1.29. The predicted octanol–water partition coefficient (Wildman–Crippen LogP) is 2.26. The standard InChI is InChI=1S/C12H13BrClNO5S/c13-10-5-8(4-9(11(10)14)12(16)17)21(18,19)15-7-2-1-3-20-6-7/h4-5,7,15H,1-3,6H2,(H,16,17). The second kappa shape index (κ2) is 6.62. The van der Waals surface area contributed by atoms with Crippen molar-refractivity contribution in [2.75, 3.05) is 13.2 Å². The van der Waals surface area contributed by atoms with E-state index < -0.39 is 16.0 Å². The highest BCUT2D eigenvalue weighted by molar-refractivity contribution is 9.10. The van der Waals surface area contributed by atoms with Gasteiger partial charge in [0.1, 0.15) is 0 Å². The molecule has 1 heterocycles. The quantitative estimate of drug-likeness (QED) is 0.811. The van der Waals surface area contributed by atoms with Gasteiger partial charge in [0.15, 0.2) is 0 Å². The molecule has 1 aromatic carbocycles. The van der Waals surface area contributed by atoms with Gasteiger partial charge in [-0.2, -0.15) is 0 Å². The van der Waals surface area contributed by atoms with Crippen LogP contribution in [0.4, 0.5) is 0 Å². The summed E-state index contributed by atoms with van der Waals surface area (Å²) in [4.78, 5) is 11.0. The number of aromatic carboxylic acids is 1. The fourth-order valence-electron chi connectivity index (χ4n) is 2.00. The summed E-state index contributed by atoms with van der Waals surface area (Å²) >= 11 is 8.91. The summed E-state index contributed by atoms with van der Waals surface area (Å²) < 4.78 is 32.6. The van der Waals surface area contributed by atoms with Gasteiger partial charge in [0.05, 0.1) is 22.1 Å². The number of ether oxygens (including phenoxy) is 1. The minimum Gasteiger partial charge on any atom is -0.478 e. The van der Waals surface area contributed by atoms with Crippen LogP contribution >= 0.6 is 27.5 Å². The Morgan fingerprint density at radius 3 is 2.76 bits per heavy atom. The van der Waals surface area contributed by atoms with Crippen molar-refractivity contribution in [2.45, 2.75) is 23.8 Å². The minimum atomic E-state index is -3.84. The Morgan fingerprint density at radius 1 is 1.48 bits per heavy atom. The zero-order valence-corrected chi connectivity index (χ0v) is 14.0. The molecule has 0 amide bonds. The van der Waals surface area contributed by atoms with Crippen molar-refractivity contribution >= 4 is 43.5 Å². The molecule has 0 aromatic heterocycles. The van der Waals surface area contributed by atoms with Gasteiger partial charge in [-0.25, -0.2) is 17.9 Å². The zero-order chi connectivity index (χ0) is 15.6. The van der Waals surface area contributed by atoms with Crippen LogP contribution in [0.25, 0.3) is 0 Å². The first-order chi connectivity index (χ1) is 9.81. The summed E-state index contributed by atoms with van der Waals surface area (Å²) in [6.45, 7) is 0.924. The molecule has 0 aliphatic carbocycles. The number of carboxylic acids is 1. The van der Waals surface area contributed by atoms with Gasteiger partial charge in [0.2, 0.25) is 10.0 Å². The second-order valence-electron chi connectivity index (χ2n) is 4.61. The van der Waals surface area contributed by atoms with E-state index >= 15 is 0 Å². The van der Waals surface area contributed by atoms with Gasteiger partial charge < -0.3 is 9.84 Å². The summed E-state index contributed by atoms with van der Waals surface area (Å²) in [6, 6.07) is 2.01. The van der Waals surface area contributed by atoms with Crippen LogP contribution in [0.5, 0.6) is 0 Å². The van der Waals surface area contributed by atoms with Crippen LogP contribution in [0.1, 0.15) is 23.2 Å². The molecule has 1 atom stereocenters. The van der Waals surface area contributed by atoms with Crippen molar-refractivity contribution in [3.8, 4) is 0 Å². The van der Waals surface area contributed by atoms with E-state index in [1.165, 1.54) is 6.07 Å². The van der Waals surface area contributed by atoms with Crippen molar-refractivity contribution in [2.24, 2.45) is 0 Å². The van der Waals surface area contributed by atoms with Gasteiger partial charge in [0, 0.05) is 17.1 Å². The summed E-state index contributed by atoms with van der Waals surface area (Å²) in [6.07, 6.45) is 1.46. The molecule has 116 valence electrons. The third-order valence-electron chi connectivity index (χ3n) is 3.02. The van der Waals surface area contributed by atoms with Crippen LogP contribution in [0.3, 0.4) is 0 Å². The largest absolute Gasteiger partial charge is 0.478 e. The molecule has 1 aliphatic heterocycles. The highest BCUT2D eigenvalue weighted by atomic mass is 79.9. The lowest BCUT2D eigenvalue weighted by Crippen LogP contribution is -2.40. The molecule has 0 spiro atoms. The summed E-state index contributed by atoms with van der Waals surface area (Å²) in [5, 5.41) is 9.02. The molecule has 2 N–H and O–H groups in total. The average Bonchev–Trinajstić information content (AvgIpc) is 2.41. The Kier molecular flexibility index (Phi) is 5.26. The number of hydrogen-bond donors (Lipinski definition) is 2. The van der Waals surface area contributed by atoms with E-state index in [-0.39, 0.29) is 26.0 Å². The van der Waals surface area contributed by atoms with Gasteiger partial charge in [-0.3, -0.25) is 0 Å². The van der Waals surface area contributed by atoms with Crippen molar-refractivity contribution in [3.05, 3.63) is 27.2 Å². The van der Waals surface area contributed by atoms with E-state index in [0.29, 0.717) is 19.6 Å². The summed E-state index contributed by atoms with van der Waals surface area (Å²) in [5.41, 5.74) is -0.272. The molecule has 1 aliphatic rings. The maximum absolute atomic E-state index is 12.3. The molecular weight excluding hydrogens is 386 g/mol. The van der Waals surface area contributed by atoms with Gasteiger partial charge >= 0.3 is 5.97 Å². The molecule has 0 radical (unpaired) electrons. The number of carboxylic acid groups (broad SMARTS) is 1. The van der Waals surface area contributed by atoms with Crippen molar-refractivity contribution < 1.29 is 23.1 Å². The smallest absolute Gasteiger partial charge is 0.337 e. The number of halogens is 2. The van der Waals surface area contributed by atoms with Gasteiger partial charge in [-0.05, 0) is 40.9 Å². The van der Waals surface area contributed by atoms with Crippen LogP contribution in [0.2, 0.25) is 5.02 Å². The topological polar surface area (TPSA) is 92.7 Å². The van der Waals surface area contributed by atoms with E-state index in [0.717, 1.165) is 12.5 Å². The first-order valence-electron chi connectivity index (χ1n) is 6.13. The Labute approximate surface area is 135 Å². The van der Waals surface area contributed by atoms with Gasteiger partial charge in [-0.15, -0.1) is 0 Å². The van der Waals surface area contributed by atoms with Crippen molar-refractivity contribution in [1.82, 2.24) is 4.72 Å². The first-order valence-corrected chi connectivity index (χ1v) is 8.79. The lowest BCUT2D eigenvalue weighted by atomic mass is 10.1. The number of hydrogen-bond acceptors (Lipinski definition) is 4. The Balaban J connectivity index is 2.33. The number of carbonyl (C=O) groups is 1. The molecular formula is C12H13BrClNO5S. The number of nitrogens with one attached hydrogen (secondary N) is 1. The fraction of sp³-hybridized carbons (Fsp3) is 0.417. The number of rotatable bonds is 4. The highest BCUT2D eigenvalue weighted by Crippen LogP contribution is 2.30. The monoisotopic (exact) mass is 397 g/mol. The predicted molar refractivity (Wildman–Crippen MR) is 80.3 cm³/mol. The number of sulfonamides is 1. The van der Waals surface area contributed by atoms with Crippen LogP contribution in [-0.4, -0.2) is 38.7 Å². The minimum absolute atomic E-state index is 0.0394. The lowest BCUT2D eigenvalue weighted by Gasteiger charge is -2.23. The molecule has 0 saturated carbocycles. The van der Waals surface area contributed by atoms with Crippen LogP contribution in [-0.2, 0) is 14.8 Å². The van der Waals surface area contributed by atoms with Crippen molar-refractivity contribution in [3.63, 3.8) is 0 Å². The highest BCUT2D eigenvalue weighted by Gasteiger charge is 2.25. The molecule has 9 heteroatoms. The van der Waals surface area contributed by atoms with Gasteiger partial charge in [-0.1, -0.05) is 11.6 Å². The van der Waals surface area contributed by atoms with Gasteiger partial charge in [0.25, 0.3) is 0 Å². The molecule has 2 rings (SSSR count). The second-order valence-corrected chi connectivity index (χ2v) is 7.55. The van der Waals surface area contributed by atoms with E-state index in [9.17, 15) is 13.2 Å². The SMILES string of the molecule is O=C(O)c1cc(S(=O)(=O)NC2CCCOC2)cc(Br)c1Cl. The molecule has 1 unspecified atom stereocenters. The normalized spacial score (nSPS) is 19.4. The van der Waals surface area contributed by atoms with E-state index in [1.807, 2.05) is 0 Å².